The van der Waals surface area contributed by atoms with E-state index in [4.69, 9.17) is 6.57 Å². The Balaban J connectivity index is 1.76. The van der Waals surface area contributed by atoms with Gasteiger partial charge in [-0.3, -0.25) is 4.79 Å². The van der Waals surface area contributed by atoms with Crippen LogP contribution >= 0.6 is 11.3 Å². The Bertz CT molecular complexity index is 871. The number of Topliss-reactive ketones (excluding diaryl/α,β-unsaturated/α-hetero) is 1. The first kappa shape index (κ1) is 15.0. The van der Waals surface area contributed by atoms with Crippen LogP contribution in [0.3, 0.4) is 0 Å². The van der Waals surface area contributed by atoms with Crippen LogP contribution in [-0.4, -0.2) is 10.9 Å². The van der Waals surface area contributed by atoms with Crippen molar-refractivity contribution in [2.75, 3.05) is 0 Å². The quantitative estimate of drug-likeness (QED) is 0.537. The van der Waals surface area contributed by atoms with E-state index >= 15 is 0 Å². The minimum atomic E-state index is 0.0599. The zero-order valence-electron chi connectivity index (χ0n) is 12.2. The summed E-state index contributed by atoms with van der Waals surface area (Å²) in [6, 6.07) is 17.8. The highest BCUT2D eigenvalue weighted by atomic mass is 32.1. The molecule has 1 heterocycles. The van der Waals surface area contributed by atoms with Crippen molar-refractivity contribution in [2.45, 2.75) is 6.42 Å². The minimum Gasteiger partial charge on any atom is -0.508 e. The largest absolute Gasteiger partial charge is 0.508 e. The number of rotatable bonds is 4. The second-order valence-corrected chi connectivity index (χ2v) is 6.17. The van der Waals surface area contributed by atoms with Crippen molar-refractivity contribution in [3.63, 3.8) is 0 Å². The predicted molar refractivity (Wildman–Crippen MR) is 92.2 cm³/mol. The molecule has 1 aromatic heterocycles. The van der Waals surface area contributed by atoms with Crippen molar-refractivity contribution >= 4 is 22.8 Å². The van der Waals surface area contributed by atoms with Gasteiger partial charge in [-0.15, -0.1) is 11.3 Å². The molecule has 0 aliphatic rings. The molecular weight excluding hydrogens is 306 g/mol. The van der Waals surface area contributed by atoms with E-state index < -0.39 is 0 Å². The van der Waals surface area contributed by atoms with E-state index in [-0.39, 0.29) is 11.5 Å². The summed E-state index contributed by atoms with van der Waals surface area (Å²) in [6.45, 7) is 6.97. The lowest BCUT2D eigenvalue weighted by Gasteiger charge is -2.00. The molecule has 3 nitrogen and oxygen atoms in total. The molecule has 3 aromatic rings. The average Bonchev–Trinajstić information content (AvgIpc) is 3.07. The number of carbonyl (C=O) groups is 1. The smallest absolute Gasteiger partial charge is 0.187 e. The number of hydrogen-bond donors (Lipinski definition) is 1. The van der Waals surface area contributed by atoms with E-state index in [0.29, 0.717) is 17.0 Å². The van der Waals surface area contributed by atoms with Crippen LogP contribution in [0.1, 0.15) is 15.2 Å². The predicted octanol–water partition coefficient (Wildman–Crippen LogP) is 5.10. The summed E-state index contributed by atoms with van der Waals surface area (Å²) >= 11 is 1.45. The number of thiophene rings is 1. The zero-order valence-corrected chi connectivity index (χ0v) is 13.0. The Morgan fingerprint density at radius 2 is 1.70 bits per heavy atom. The lowest BCUT2D eigenvalue weighted by molar-refractivity contribution is 0.0997. The highest BCUT2D eigenvalue weighted by Gasteiger charge is 2.11. The van der Waals surface area contributed by atoms with E-state index in [1.54, 1.807) is 36.4 Å². The van der Waals surface area contributed by atoms with Gasteiger partial charge in [-0.2, -0.15) is 0 Å². The van der Waals surface area contributed by atoms with E-state index in [1.165, 1.54) is 11.3 Å². The molecule has 112 valence electrons. The topological polar surface area (TPSA) is 41.7 Å². The third kappa shape index (κ3) is 3.47. The minimum absolute atomic E-state index is 0.0599. The molecule has 0 amide bonds. The number of nitrogens with zero attached hydrogens (tertiary/aromatic N) is 1. The van der Waals surface area contributed by atoms with Crippen molar-refractivity contribution in [1.82, 2.24) is 0 Å². The molecule has 0 radical (unpaired) electrons. The normalized spacial score (nSPS) is 10.2. The third-order valence-corrected chi connectivity index (χ3v) is 4.64. The van der Waals surface area contributed by atoms with E-state index in [0.717, 1.165) is 16.0 Å². The molecule has 0 bridgehead atoms. The third-order valence-electron chi connectivity index (χ3n) is 3.46. The molecule has 0 atom stereocenters. The molecule has 0 fully saturated rings. The number of phenols is 1. The van der Waals surface area contributed by atoms with Gasteiger partial charge in [0.2, 0.25) is 0 Å². The Labute approximate surface area is 138 Å². The van der Waals surface area contributed by atoms with Crippen LogP contribution in [0, 0.1) is 6.57 Å². The second kappa shape index (κ2) is 6.47. The Morgan fingerprint density at radius 1 is 1.00 bits per heavy atom. The Kier molecular flexibility index (Phi) is 4.22. The molecule has 0 saturated heterocycles. The maximum absolute atomic E-state index is 12.4. The zero-order chi connectivity index (χ0) is 16.2. The summed E-state index contributed by atoms with van der Waals surface area (Å²) in [6.07, 6.45) is 0.316. The number of benzene rings is 2. The van der Waals surface area contributed by atoms with Crippen LogP contribution in [0.5, 0.6) is 5.75 Å². The average molecular weight is 319 g/mol. The number of phenolic OH excluding ortho intramolecular Hbond substituents is 1. The van der Waals surface area contributed by atoms with Crippen molar-refractivity contribution in [3.05, 3.63) is 82.5 Å². The van der Waals surface area contributed by atoms with Gasteiger partial charge in [-0.1, -0.05) is 36.4 Å². The van der Waals surface area contributed by atoms with Gasteiger partial charge in [0.25, 0.3) is 0 Å². The Hall–Kier alpha value is -2.90. The SMILES string of the molecule is [C-]#[N+]c1ccc(-c2ccc(C(=O)Cc3ccc(O)cc3)s2)cc1. The second-order valence-electron chi connectivity index (χ2n) is 5.09. The van der Waals surface area contributed by atoms with Gasteiger partial charge < -0.3 is 5.11 Å². The molecular formula is C19H13NO2S. The fraction of sp³-hybridized carbons (Fsp3) is 0.0526. The van der Waals surface area contributed by atoms with Crippen molar-refractivity contribution in [2.24, 2.45) is 0 Å². The van der Waals surface area contributed by atoms with Crippen molar-refractivity contribution in [3.8, 4) is 16.2 Å². The highest BCUT2D eigenvalue weighted by molar-refractivity contribution is 7.17. The summed E-state index contributed by atoms with van der Waals surface area (Å²) in [5, 5.41) is 9.27. The first-order valence-electron chi connectivity index (χ1n) is 7.04. The summed E-state index contributed by atoms with van der Waals surface area (Å²) in [4.78, 5) is 17.4. The van der Waals surface area contributed by atoms with Crippen LogP contribution in [0.2, 0.25) is 0 Å². The summed E-state index contributed by atoms with van der Waals surface area (Å²) in [5.41, 5.74) is 2.49. The molecule has 0 unspecified atom stereocenters. The summed E-state index contributed by atoms with van der Waals surface area (Å²) in [7, 11) is 0. The lowest BCUT2D eigenvalue weighted by atomic mass is 10.1. The fourth-order valence-electron chi connectivity index (χ4n) is 2.23. The van der Waals surface area contributed by atoms with Crippen molar-refractivity contribution < 1.29 is 9.90 Å². The van der Waals surface area contributed by atoms with Gasteiger partial charge in [0.15, 0.2) is 11.5 Å². The van der Waals surface area contributed by atoms with Crippen LogP contribution in [0.15, 0.2) is 60.7 Å². The molecule has 4 heteroatoms. The summed E-state index contributed by atoms with van der Waals surface area (Å²) in [5.74, 6) is 0.257. The molecule has 1 N–H and O–H groups in total. The van der Waals surface area contributed by atoms with Gasteiger partial charge >= 0.3 is 0 Å². The highest BCUT2D eigenvalue weighted by Crippen LogP contribution is 2.30. The van der Waals surface area contributed by atoms with Gasteiger partial charge in [0.05, 0.1) is 11.4 Å². The maximum atomic E-state index is 12.4. The molecule has 0 aliphatic heterocycles. The van der Waals surface area contributed by atoms with E-state index in [9.17, 15) is 9.90 Å². The monoisotopic (exact) mass is 319 g/mol. The first-order chi connectivity index (χ1) is 11.2. The molecule has 23 heavy (non-hydrogen) atoms. The Morgan fingerprint density at radius 3 is 2.35 bits per heavy atom. The first-order valence-corrected chi connectivity index (χ1v) is 7.86. The lowest BCUT2D eigenvalue weighted by Crippen LogP contribution is -2.00. The number of carbonyl (C=O) groups excluding carboxylic acids is 1. The molecule has 0 aliphatic carbocycles. The number of aromatic hydroxyl groups is 1. The van der Waals surface area contributed by atoms with Crippen LogP contribution in [-0.2, 0) is 6.42 Å². The van der Waals surface area contributed by atoms with Gasteiger partial charge in [-0.25, -0.2) is 4.85 Å². The molecule has 0 spiro atoms. The van der Waals surface area contributed by atoms with E-state index in [2.05, 4.69) is 4.85 Å². The standard InChI is InChI=1S/C19H13NO2S/c1-20-15-6-4-14(5-7-15)18-10-11-19(23-18)17(22)12-13-2-8-16(21)9-3-13/h2-11,21H,12H2. The van der Waals surface area contributed by atoms with Gasteiger partial charge in [-0.05, 0) is 35.4 Å². The molecule has 2 aromatic carbocycles. The van der Waals surface area contributed by atoms with Gasteiger partial charge in [0, 0.05) is 11.3 Å². The maximum Gasteiger partial charge on any atom is 0.187 e. The van der Waals surface area contributed by atoms with Crippen LogP contribution in [0.4, 0.5) is 5.69 Å². The fourth-order valence-corrected chi connectivity index (χ4v) is 3.18. The summed E-state index contributed by atoms with van der Waals surface area (Å²) < 4.78 is 0. The van der Waals surface area contributed by atoms with E-state index in [1.807, 2.05) is 24.3 Å². The van der Waals surface area contributed by atoms with Gasteiger partial charge in [0.1, 0.15) is 5.75 Å². The number of ketones is 1. The molecule has 0 saturated carbocycles. The molecule has 3 rings (SSSR count). The van der Waals surface area contributed by atoms with Crippen LogP contribution in [0.25, 0.3) is 15.3 Å². The van der Waals surface area contributed by atoms with Crippen molar-refractivity contribution in [1.29, 1.82) is 0 Å². The van der Waals surface area contributed by atoms with Crippen LogP contribution < -0.4 is 0 Å². The number of hydrogen-bond acceptors (Lipinski definition) is 3.